The van der Waals surface area contributed by atoms with Crippen molar-refractivity contribution in [3.8, 4) is 40.0 Å². The minimum Gasteiger partial charge on any atom is -0.358 e. The van der Waals surface area contributed by atoms with Crippen molar-refractivity contribution in [3.05, 3.63) is 423 Å². The van der Waals surface area contributed by atoms with E-state index in [-0.39, 0.29) is 0 Å². The molecule has 32 aromatic rings. The molecule has 0 atom stereocenters. The molecule has 0 aliphatic carbocycles. The molecule has 0 aliphatic rings. The van der Waals surface area contributed by atoms with Crippen LogP contribution in [0.1, 0.15) is 0 Å². The molecule has 0 radical (unpaired) electrons. The van der Waals surface area contributed by atoms with Gasteiger partial charge in [-0.2, -0.15) is 0 Å². The molecule has 32 rings (SSSR count). The summed E-state index contributed by atoms with van der Waals surface area (Å²) in [7, 11) is 0. The fraction of sp³-hybridized carbons (Fsp3) is 0. The lowest BCUT2D eigenvalue weighted by Gasteiger charge is -2.14. The van der Waals surface area contributed by atoms with Gasteiger partial charge >= 0.3 is 5.82 Å². The molecule has 12 aromatic heterocycles. The number of benzene rings is 20. The van der Waals surface area contributed by atoms with Crippen LogP contribution in [-0.2, 0) is 0 Å². The van der Waals surface area contributed by atoms with Crippen molar-refractivity contribution in [3.63, 3.8) is 0 Å². The summed E-state index contributed by atoms with van der Waals surface area (Å²) in [4.78, 5) is 38.5. The first kappa shape index (κ1) is 73.8. The van der Waals surface area contributed by atoms with E-state index >= 15 is 0 Å². The lowest BCUT2D eigenvalue weighted by atomic mass is 10.0. The van der Waals surface area contributed by atoms with Crippen molar-refractivity contribution >= 4 is 257 Å². The Labute approximate surface area is 771 Å². The van der Waals surface area contributed by atoms with Crippen molar-refractivity contribution in [1.82, 2.24) is 56.8 Å². The number of nitrogens with zero attached hydrogens (tertiary/aromatic N) is 14. The third-order valence-corrected chi connectivity index (χ3v) is 28.6. The van der Waals surface area contributed by atoms with Crippen LogP contribution in [0.2, 0.25) is 0 Å². The Kier molecular flexibility index (Phi) is 15.1. The highest BCUT2D eigenvalue weighted by atomic mass is 15.1. The molecule has 14 nitrogen and oxygen atoms in total. The summed E-state index contributed by atoms with van der Waals surface area (Å²) in [6, 6.07) is 141. The standard InChI is InChI=1S/C43H23N5.C42H24N4.C37H19N5/c1-44-28-20-18-25(19-21-28)41-43(46-34-15-7-6-14-33(34)45-41)48-36-17-9-5-13-30(36)39-38(48)24-31-29-12-4-8-16-35(29)47-37-23-27-11-3-2-10-26(27)22-32(37)40(39)42(31)47;1-2-12-25(13-3-1)40-42(44-33-19-9-8-18-32(33)43-40)46-35-21-11-7-17-29(35)38-37(46)24-30-28-16-6-10-20-34(28)45-36-23-27-15-5-4-14-26(27)22-31(36)39(38)41(30)45;1-38-36-37(40-28-15-7-6-14-27(28)39-36)42-30-17-9-5-13-24(30)33-32(42)20-25-23-12-4-8-16-29(23)41-31-19-22-11-3-2-10-21(22)18-26(31)34(33)35(25)41/h2-24H;1-24H;2-20H. The molecule has 12 heterocycles. The monoisotopic (exact) mass is 1730 g/mol. The van der Waals surface area contributed by atoms with Crippen molar-refractivity contribution < 1.29 is 0 Å². The van der Waals surface area contributed by atoms with E-state index < -0.39 is 0 Å². The average molecular weight is 1730 g/mol. The molecule has 0 saturated carbocycles. The zero-order valence-corrected chi connectivity index (χ0v) is 72.4. The molecular weight excluding hydrogens is 1660 g/mol. The summed E-state index contributed by atoms with van der Waals surface area (Å²) < 4.78 is 14.2. The van der Waals surface area contributed by atoms with Crippen LogP contribution in [0.25, 0.3) is 295 Å². The zero-order valence-electron chi connectivity index (χ0n) is 72.4. The second-order valence-electron chi connectivity index (χ2n) is 35.7. The van der Waals surface area contributed by atoms with Crippen LogP contribution in [0.3, 0.4) is 0 Å². The van der Waals surface area contributed by atoms with Gasteiger partial charge in [-0.25, -0.2) is 29.8 Å². The number of hydrogen-bond acceptors (Lipinski definition) is 6. The summed E-state index contributed by atoms with van der Waals surface area (Å²) in [6.07, 6.45) is 0. The number of para-hydroxylation sites is 12. The number of aromatic nitrogens is 12. The quantitative estimate of drug-likeness (QED) is 0.159. The molecule has 0 fully saturated rings. The first-order valence-corrected chi connectivity index (χ1v) is 45.7. The molecular formula is C122H66N14. The third kappa shape index (κ3) is 10.2. The van der Waals surface area contributed by atoms with Crippen molar-refractivity contribution in [2.24, 2.45) is 0 Å². The van der Waals surface area contributed by atoms with E-state index in [0.29, 0.717) is 17.3 Å². The Morgan fingerprint density at radius 1 is 0.184 bits per heavy atom. The lowest BCUT2D eigenvalue weighted by Crippen LogP contribution is -2.03. The fourth-order valence-electron chi connectivity index (χ4n) is 23.0. The maximum atomic E-state index is 8.06. The van der Waals surface area contributed by atoms with Crippen LogP contribution >= 0.6 is 0 Å². The van der Waals surface area contributed by atoms with Gasteiger partial charge < -0.3 is 22.6 Å². The molecule has 0 amide bonds. The van der Waals surface area contributed by atoms with E-state index in [1.807, 2.05) is 97.1 Å². The number of hydrogen-bond donors (Lipinski definition) is 0. The fourth-order valence-corrected chi connectivity index (χ4v) is 23.0. The second kappa shape index (κ2) is 27.8. The zero-order chi connectivity index (χ0) is 89.0. The van der Waals surface area contributed by atoms with Crippen LogP contribution in [0.5, 0.6) is 0 Å². The Morgan fingerprint density at radius 3 is 0.816 bits per heavy atom. The van der Waals surface area contributed by atoms with Gasteiger partial charge in [0.2, 0.25) is 0 Å². The summed E-state index contributed by atoms with van der Waals surface area (Å²) >= 11 is 0. The van der Waals surface area contributed by atoms with Crippen molar-refractivity contribution in [1.29, 1.82) is 0 Å². The first-order chi connectivity index (χ1) is 67.4. The lowest BCUT2D eigenvalue weighted by molar-refractivity contribution is 1.08. The Balaban J connectivity index is 0.0000000971. The van der Waals surface area contributed by atoms with Crippen LogP contribution in [0.4, 0.5) is 11.5 Å². The highest BCUT2D eigenvalue weighted by Gasteiger charge is 2.32. The maximum Gasteiger partial charge on any atom is 0.313 e. The number of fused-ring (bicyclic) bond motifs is 36. The van der Waals surface area contributed by atoms with E-state index in [1.54, 1.807) is 0 Å². The SMILES string of the molecule is [C-]#[N+]c1ccc(-c2nc3ccccc3nc2-n2c3ccccc3c3c4c5cc6ccccc6cc5n5c6ccccc6c(cc32)c45)cc1.[C-]#[N+]c1nc2ccccc2nc1-n1c2ccccc2c2c3c4cc5ccccc5cc4n4c5ccccc5c(cc21)c34.c1ccc(-c2nc3ccccc3nc2-n2c3ccccc3c3c4c5cc6ccccc6cc5n5c6ccccc6c(cc32)c45)cc1. The van der Waals surface area contributed by atoms with E-state index in [2.05, 4.69) is 340 Å². The van der Waals surface area contributed by atoms with Gasteiger partial charge in [0, 0.05) is 108 Å². The van der Waals surface area contributed by atoms with Gasteiger partial charge in [-0.3, -0.25) is 9.13 Å². The van der Waals surface area contributed by atoms with E-state index in [9.17, 15) is 0 Å². The smallest absolute Gasteiger partial charge is 0.313 e. The minimum atomic E-state index is 0.293. The number of rotatable bonds is 5. The summed E-state index contributed by atoms with van der Waals surface area (Å²) in [5.74, 6) is 2.45. The summed E-state index contributed by atoms with van der Waals surface area (Å²) in [5, 5.41) is 29.4. The molecule has 0 spiro atoms. The maximum absolute atomic E-state index is 8.06. The van der Waals surface area contributed by atoms with Gasteiger partial charge in [-0.05, 0) is 160 Å². The van der Waals surface area contributed by atoms with Crippen molar-refractivity contribution in [2.75, 3.05) is 0 Å². The molecule has 20 aromatic carbocycles. The van der Waals surface area contributed by atoms with E-state index in [0.717, 1.165) is 106 Å². The molecule has 14 heteroatoms. The summed E-state index contributed by atoms with van der Waals surface area (Å²) in [6.45, 7) is 15.6. The molecule has 0 saturated heterocycles. The van der Waals surface area contributed by atoms with Gasteiger partial charge in [0.05, 0.1) is 111 Å². The predicted octanol–water partition coefficient (Wildman–Crippen LogP) is 31.5. The molecule has 0 N–H and O–H groups in total. The Bertz CT molecular complexity index is 11000. The summed E-state index contributed by atoms with van der Waals surface area (Å²) in [5.41, 5.74) is 26.6. The Morgan fingerprint density at radius 2 is 0.463 bits per heavy atom. The van der Waals surface area contributed by atoms with Crippen LogP contribution in [0, 0.1) is 13.1 Å². The molecule has 136 heavy (non-hydrogen) atoms. The van der Waals surface area contributed by atoms with Gasteiger partial charge in [0.15, 0.2) is 28.7 Å². The molecule has 0 unspecified atom stereocenters. The first-order valence-electron chi connectivity index (χ1n) is 45.7. The minimum absolute atomic E-state index is 0.293. The largest absolute Gasteiger partial charge is 0.358 e. The van der Waals surface area contributed by atoms with Gasteiger partial charge in [0.1, 0.15) is 16.9 Å². The van der Waals surface area contributed by atoms with E-state index in [4.69, 9.17) is 43.0 Å². The predicted molar refractivity (Wildman–Crippen MR) is 562 cm³/mol. The normalized spacial score (nSPS) is 12.2. The topological polar surface area (TPSA) is 114 Å². The average Bonchev–Trinajstić information content (AvgIpc) is 1.52. The van der Waals surface area contributed by atoms with E-state index in [1.165, 1.54) is 174 Å². The van der Waals surface area contributed by atoms with Gasteiger partial charge in [-0.15, -0.1) is 4.98 Å². The van der Waals surface area contributed by atoms with Gasteiger partial charge in [0.25, 0.3) is 0 Å². The molecule has 0 bridgehead atoms. The molecule has 0 aliphatic heterocycles. The van der Waals surface area contributed by atoms with Crippen LogP contribution < -0.4 is 0 Å². The highest BCUT2D eigenvalue weighted by molar-refractivity contribution is 6.40. The third-order valence-electron chi connectivity index (χ3n) is 28.6. The molecule has 624 valence electrons. The van der Waals surface area contributed by atoms with Crippen molar-refractivity contribution in [2.45, 2.75) is 0 Å². The Hall–Kier alpha value is -19.0. The van der Waals surface area contributed by atoms with Gasteiger partial charge in [-0.1, -0.05) is 280 Å². The second-order valence-corrected chi connectivity index (χ2v) is 35.7. The van der Waals surface area contributed by atoms with Crippen LogP contribution in [0.15, 0.2) is 400 Å². The highest BCUT2D eigenvalue weighted by Crippen LogP contribution is 2.53. The van der Waals surface area contributed by atoms with Crippen LogP contribution in [-0.4, -0.2) is 56.8 Å².